The second-order valence-corrected chi connectivity index (χ2v) is 12.1. The Balaban J connectivity index is 0.00000353. The van der Waals surface area contributed by atoms with Crippen molar-refractivity contribution in [2.24, 2.45) is 0 Å². The van der Waals surface area contributed by atoms with Crippen LogP contribution >= 0.6 is 0 Å². The van der Waals surface area contributed by atoms with Crippen LogP contribution in [0.3, 0.4) is 0 Å². The monoisotopic (exact) mass is 735 g/mol. The first-order valence-corrected chi connectivity index (χ1v) is 14.0. The Kier molecular flexibility index (Phi) is 8.18. The summed E-state index contributed by atoms with van der Waals surface area (Å²) < 4.78 is 6.28. The van der Waals surface area contributed by atoms with Crippen LogP contribution in [0.5, 0.6) is 11.5 Å². The van der Waals surface area contributed by atoms with E-state index < -0.39 is 0 Å². The molecule has 0 saturated carbocycles. The number of benzene rings is 4. The molecule has 6 heteroatoms. The van der Waals surface area contributed by atoms with Gasteiger partial charge in [-0.05, 0) is 68.0 Å². The fourth-order valence-electron chi connectivity index (χ4n) is 5.35. The molecule has 4 aromatic rings. The van der Waals surface area contributed by atoms with Gasteiger partial charge in [0.15, 0.2) is 0 Å². The molecule has 5 nitrogen and oxygen atoms in total. The molecule has 0 saturated heterocycles. The van der Waals surface area contributed by atoms with Crippen molar-refractivity contribution in [3.63, 3.8) is 0 Å². The fraction of sp³-hybridized carbons (Fsp3) is 0.222. The Labute approximate surface area is 265 Å². The van der Waals surface area contributed by atoms with Crippen LogP contribution in [0.25, 0.3) is 0 Å². The first kappa shape index (κ1) is 29.8. The molecule has 0 fully saturated rings. The van der Waals surface area contributed by atoms with Gasteiger partial charge in [-0.2, -0.15) is 25.5 Å². The van der Waals surface area contributed by atoms with E-state index in [0.717, 1.165) is 22.7 Å². The Morgan fingerprint density at radius 2 is 1.38 bits per heavy atom. The third-order valence-corrected chi connectivity index (χ3v) is 7.70. The predicted molar refractivity (Wildman–Crippen MR) is 168 cm³/mol. The van der Waals surface area contributed by atoms with Gasteiger partial charge in [0, 0.05) is 28.4 Å². The van der Waals surface area contributed by atoms with Crippen LogP contribution in [-0.2, 0) is 32.0 Å². The largest absolute Gasteiger partial charge is 4.00 e. The number of fused-ring (bicyclic) bond motifs is 1. The Morgan fingerprint density at radius 3 is 2.02 bits per heavy atom. The zero-order chi connectivity index (χ0) is 28.8. The van der Waals surface area contributed by atoms with Gasteiger partial charge in [-0.3, -0.25) is 0 Å². The number of anilines is 4. The number of hydrogen-bond acceptors (Lipinski definition) is 5. The van der Waals surface area contributed by atoms with Gasteiger partial charge in [0.2, 0.25) is 0 Å². The van der Waals surface area contributed by atoms with E-state index in [1.54, 1.807) is 0 Å². The second kappa shape index (κ2) is 11.5. The van der Waals surface area contributed by atoms with Crippen molar-refractivity contribution >= 4 is 22.7 Å². The van der Waals surface area contributed by atoms with E-state index in [9.17, 15) is 0 Å². The van der Waals surface area contributed by atoms with E-state index in [1.165, 1.54) is 11.1 Å². The van der Waals surface area contributed by atoms with Gasteiger partial charge in [-0.15, -0.1) is 47.8 Å². The molecule has 0 N–H and O–H groups in total. The topological polar surface area (TPSA) is 22.2 Å². The normalized spacial score (nSPS) is 15.9. The predicted octanol–water partition coefficient (Wildman–Crippen LogP) is 8.73. The molecule has 2 aliphatic rings. The van der Waals surface area contributed by atoms with Crippen molar-refractivity contribution in [1.29, 1.82) is 0 Å². The van der Waals surface area contributed by atoms with Gasteiger partial charge in [-0.1, -0.05) is 51.1 Å². The van der Waals surface area contributed by atoms with Gasteiger partial charge in [0.05, 0.1) is 0 Å². The van der Waals surface area contributed by atoms with Crippen LogP contribution < -0.4 is 19.4 Å². The van der Waals surface area contributed by atoms with Crippen molar-refractivity contribution in [2.45, 2.75) is 45.6 Å². The maximum atomic E-state index is 6.28. The Hall–Kier alpha value is -3.69. The SMILES string of the molecule is CN1C=CN(c2[c-]c(Oc3[c-]c(N4[CH-]N(c5ccc(C(C)(C)C)cc5)C(C)(C)c5ccccc54)ccc3)ccc2)[CH-]1.[Pt+4]. The Morgan fingerprint density at radius 1 is 0.738 bits per heavy atom. The summed E-state index contributed by atoms with van der Waals surface area (Å²) in [6.45, 7) is 15.5. The first-order chi connectivity index (χ1) is 19.6. The molecule has 0 radical (unpaired) electrons. The van der Waals surface area contributed by atoms with Gasteiger partial charge < -0.3 is 24.3 Å². The van der Waals surface area contributed by atoms with Crippen molar-refractivity contribution in [2.75, 3.05) is 21.7 Å². The molecule has 42 heavy (non-hydrogen) atoms. The summed E-state index contributed by atoms with van der Waals surface area (Å²) in [5.74, 6) is 1.27. The molecule has 0 amide bonds. The molecule has 4 aromatic carbocycles. The summed E-state index contributed by atoms with van der Waals surface area (Å²) in [5.41, 5.74) is 6.48. The van der Waals surface area contributed by atoms with Crippen LogP contribution in [0, 0.1) is 25.5 Å². The Bertz CT molecular complexity index is 1570. The molecule has 0 aliphatic carbocycles. The number of ether oxygens (including phenoxy) is 1. The molecule has 0 aromatic heterocycles. The average molecular weight is 736 g/mol. The van der Waals surface area contributed by atoms with E-state index in [2.05, 4.69) is 118 Å². The zero-order valence-electron chi connectivity index (χ0n) is 24.9. The summed E-state index contributed by atoms with van der Waals surface area (Å²) in [6.07, 6.45) is 3.99. The van der Waals surface area contributed by atoms with E-state index in [4.69, 9.17) is 4.74 Å². The van der Waals surface area contributed by atoms with Crippen LogP contribution in [0.15, 0.2) is 97.3 Å². The summed E-state index contributed by atoms with van der Waals surface area (Å²) in [7, 11) is 2.00. The van der Waals surface area contributed by atoms with Crippen molar-refractivity contribution < 1.29 is 25.8 Å². The summed E-state index contributed by atoms with van der Waals surface area (Å²) >= 11 is 0. The minimum absolute atomic E-state index is 0. The van der Waals surface area contributed by atoms with Crippen LogP contribution in [0.2, 0.25) is 0 Å². The third-order valence-electron chi connectivity index (χ3n) is 7.70. The molecule has 6 rings (SSSR count). The molecule has 2 heterocycles. The fourth-order valence-corrected chi connectivity index (χ4v) is 5.35. The summed E-state index contributed by atoms with van der Waals surface area (Å²) in [6, 6.07) is 36.3. The quantitative estimate of drug-likeness (QED) is 0.191. The van der Waals surface area contributed by atoms with Gasteiger partial charge in [0.1, 0.15) is 0 Å². The summed E-state index contributed by atoms with van der Waals surface area (Å²) in [5, 5.41) is 0. The van der Waals surface area contributed by atoms with Gasteiger partial charge in [0.25, 0.3) is 0 Å². The molecule has 0 bridgehead atoms. The van der Waals surface area contributed by atoms with E-state index in [-0.39, 0.29) is 32.0 Å². The number of para-hydroxylation sites is 1. The third kappa shape index (κ3) is 5.80. The summed E-state index contributed by atoms with van der Waals surface area (Å²) in [4.78, 5) is 8.55. The van der Waals surface area contributed by atoms with Gasteiger partial charge in [-0.25, -0.2) is 0 Å². The van der Waals surface area contributed by atoms with Crippen LogP contribution in [0.1, 0.15) is 45.7 Å². The van der Waals surface area contributed by atoms with E-state index in [1.807, 2.05) is 66.2 Å². The van der Waals surface area contributed by atoms with Crippen LogP contribution in [-0.4, -0.2) is 11.9 Å². The first-order valence-electron chi connectivity index (χ1n) is 14.0. The van der Waals surface area contributed by atoms with Crippen LogP contribution in [0.4, 0.5) is 22.7 Å². The van der Waals surface area contributed by atoms with Crippen molar-refractivity contribution in [1.82, 2.24) is 4.90 Å². The van der Waals surface area contributed by atoms with Gasteiger partial charge >= 0.3 is 21.1 Å². The molecule has 2 aliphatic heterocycles. The van der Waals surface area contributed by atoms with E-state index >= 15 is 0 Å². The smallest absolute Gasteiger partial charge is 0.510 e. The second-order valence-electron chi connectivity index (χ2n) is 12.1. The molecule has 0 unspecified atom stereocenters. The molecule has 216 valence electrons. The zero-order valence-corrected chi connectivity index (χ0v) is 27.2. The molecular weight excluding hydrogens is 700 g/mol. The minimum atomic E-state index is -0.255. The number of rotatable bonds is 5. The van der Waals surface area contributed by atoms with E-state index in [0.29, 0.717) is 11.5 Å². The maximum Gasteiger partial charge on any atom is 4.00 e. The average Bonchev–Trinajstić information content (AvgIpc) is 3.39. The minimum Gasteiger partial charge on any atom is -0.510 e. The standard InChI is InChI=1S/C36H36N4O.Pt/c1-35(2,3)27-17-19-28(20-18-27)40-26-39(34-16-8-7-15-33(34)36(40,4)5)30-12-10-14-32(24-30)41-31-13-9-11-29(23-31)38-22-21-37(6)25-38;/h7-22,25-26H,1-6H3;/q-4;+4. The van der Waals surface area contributed by atoms with Crippen molar-refractivity contribution in [3.8, 4) is 11.5 Å². The molecular formula is C36H36N4OPt. The molecule has 0 spiro atoms. The maximum absolute atomic E-state index is 6.28. The van der Waals surface area contributed by atoms with Crippen molar-refractivity contribution in [3.05, 3.63) is 134 Å². The number of hydrogen-bond donors (Lipinski definition) is 0. The number of nitrogens with zero attached hydrogens (tertiary/aromatic N) is 4. The molecule has 0 atom stereocenters.